The third kappa shape index (κ3) is 2.92. The lowest BCUT2D eigenvalue weighted by Gasteiger charge is -2.04. The van der Waals surface area contributed by atoms with E-state index in [-0.39, 0.29) is 0 Å². The SMILES string of the molecule is COc1ccc(CCCc2nc3ccccc3n2C)cc1. The molecule has 3 nitrogen and oxygen atoms in total. The molecule has 0 aliphatic carbocycles. The molecule has 3 aromatic rings. The number of ether oxygens (including phenoxy) is 1. The molecule has 0 amide bonds. The maximum atomic E-state index is 5.18. The van der Waals surface area contributed by atoms with Crippen molar-refractivity contribution in [2.24, 2.45) is 7.05 Å². The minimum absolute atomic E-state index is 0.911. The highest BCUT2D eigenvalue weighted by Crippen LogP contribution is 2.17. The first-order chi connectivity index (χ1) is 10.3. The molecule has 0 bridgehead atoms. The normalized spacial score (nSPS) is 11.0. The molecule has 3 heteroatoms. The number of imidazole rings is 1. The van der Waals surface area contributed by atoms with Crippen LogP contribution < -0.4 is 4.74 Å². The third-order valence-electron chi connectivity index (χ3n) is 3.90. The Balaban J connectivity index is 1.64. The van der Waals surface area contributed by atoms with Crippen LogP contribution >= 0.6 is 0 Å². The molecule has 0 saturated carbocycles. The average molecular weight is 280 g/mol. The molecule has 0 radical (unpaired) electrons. The Labute approximate surface area is 125 Å². The second-order valence-electron chi connectivity index (χ2n) is 5.28. The van der Waals surface area contributed by atoms with Gasteiger partial charge >= 0.3 is 0 Å². The minimum atomic E-state index is 0.911. The fraction of sp³-hybridized carbons (Fsp3) is 0.278. The summed E-state index contributed by atoms with van der Waals surface area (Å²) < 4.78 is 7.38. The van der Waals surface area contributed by atoms with Crippen molar-refractivity contribution >= 4 is 11.0 Å². The van der Waals surface area contributed by atoms with Gasteiger partial charge in [-0.3, -0.25) is 0 Å². The first-order valence-electron chi connectivity index (χ1n) is 7.31. The van der Waals surface area contributed by atoms with Crippen LogP contribution in [-0.2, 0) is 19.9 Å². The van der Waals surface area contributed by atoms with Crippen LogP contribution in [0.4, 0.5) is 0 Å². The number of para-hydroxylation sites is 2. The van der Waals surface area contributed by atoms with Gasteiger partial charge in [-0.05, 0) is 42.7 Å². The van der Waals surface area contributed by atoms with Crippen molar-refractivity contribution in [2.75, 3.05) is 7.11 Å². The topological polar surface area (TPSA) is 27.1 Å². The molecule has 2 aromatic carbocycles. The molecule has 1 aromatic heterocycles. The van der Waals surface area contributed by atoms with Crippen molar-refractivity contribution < 1.29 is 4.74 Å². The van der Waals surface area contributed by atoms with Crippen LogP contribution in [0.2, 0.25) is 0 Å². The van der Waals surface area contributed by atoms with Crippen LogP contribution in [0, 0.1) is 0 Å². The molecule has 1 heterocycles. The zero-order valence-corrected chi connectivity index (χ0v) is 12.5. The van der Waals surface area contributed by atoms with Gasteiger partial charge in [-0.25, -0.2) is 4.98 Å². The molecule has 0 atom stereocenters. The van der Waals surface area contributed by atoms with Gasteiger partial charge in [-0.15, -0.1) is 0 Å². The zero-order valence-electron chi connectivity index (χ0n) is 12.5. The van der Waals surface area contributed by atoms with E-state index in [9.17, 15) is 0 Å². The summed E-state index contributed by atoms with van der Waals surface area (Å²) in [7, 11) is 3.79. The summed E-state index contributed by atoms with van der Waals surface area (Å²) in [5.41, 5.74) is 3.63. The third-order valence-corrected chi connectivity index (χ3v) is 3.90. The molecule has 3 rings (SSSR count). The molecular formula is C18H20N2O. The van der Waals surface area contributed by atoms with Crippen LogP contribution in [0.3, 0.4) is 0 Å². The van der Waals surface area contributed by atoms with Crippen molar-refractivity contribution in [1.29, 1.82) is 0 Å². The fourth-order valence-electron chi connectivity index (χ4n) is 2.66. The van der Waals surface area contributed by atoms with E-state index in [1.807, 2.05) is 18.2 Å². The van der Waals surface area contributed by atoms with Gasteiger partial charge in [0, 0.05) is 13.5 Å². The highest BCUT2D eigenvalue weighted by Gasteiger charge is 2.06. The van der Waals surface area contributed by atoms with E-state index in [2.05, 4.69) is 41.9 Å². The number of benzene rings is 2. The van der Waals surface area contributed by atoms with Gasteiger partial charge in [-0.1, -0.05) is 24.3 Å². The summed E-state index contributed by atoms with van der Waals surface area (Å²) in [5.74, 6) is 2.07. The number of rotatable bonds is 5. The van der Waals surface area contributed by atoms with Crippen LogP contribution in [0.25, 0.3) is 11.0 Å². The summed E-state index contributed by atoms with van der Waals surface area (Å²) in [5, 5.41) is 0. The molecule has 0 aliphatic rings. The van der Waals surface area contributed by atoms with Crippen molar-refractivity contribution in [3.05, 3.63) is 59.9 Å². The molecule has 0 saturated heterocycles. The second kappa shape index (κ2) is 6.00. The Bertz CT molecular complexity index is 729. The van der Waals surface area contributed by atoms with Crippen molar-refractivity contribution in [1.82, 2.24) is 9.55 Å². The van der Waals surface area contributed by atoms with E-state index >= 15 is 0 Å². The molecule has 0 fully saturated rings. The Kier molecular flexibility index (Phi) is 3.91. The van der Waals surface area contributed by atoms with E-state index < -0.39 is 0 Å². The van der Waals surface area contributed by atoms with Crippen LogP contribution in [-0.4, -0.2) is 16.7 Å². The first-order valence-corrected chi connectivity index (χ1v) is 7.31. The van der Waals surface area contributed by atoms with E-state index in [0.717, 1.165) is 36.4 Å². The molecule has 0 N–H and O–H groups in total. The highest BCUT2D eigenvalue weighted by molar-refractivity contribution is 5.75. The molecule has 0 spiro atoms. The van der Waals surface area contributed by atoms with Crippen molar-refractivity contribution in [3.8, 4) is 5.75 Å². The predicted molar refractivity (Wildman–Crippen MR) is 85.7 cm³/mol. The molecular weight excluding hydrogens is 260 g/mol. The molecule has 0 aliphatic heterocycles. The Morgan fingerprint density at radius 1 is 1.00 bits per heavy atom. The molecule has 21 heavy (non-hydrogen) atoms. The van der Waals surface area contributed by atoms with Gasteiger partial charge in [0.15, 0.2) is 0 Å². The second-order valence-corrected chi connectivity index (χ2v) is 5.28. The number of methoxy groups -OCH3 is 1. The number of aryl methyl sites for hydroxylation is 3. The van der Waals surface area contributed by atoms with Crippen LogP contribution in [0.1, 0.15) is 17.8 Å². The van der Waals surface area contributed by atoms with Gasteiger partial charge in [0.1, 0.15) is 11.6 Å². The largest absolute Gasteiger partial charge is 0.497 e. The van der Waals surface area contributed by atoms with E-state index in [4.69, 9.17) is 9.72 Å². The number of hydrogen-bond acceptors (Lipinski definition) is 2. The molecule has 0 unspecified atom stereocenters. The maximum absolute atomic E-state index is 5.18. The Morgan fingerprint density at radius 2 is 1.76 bits per heavy atom. The van der Waals surface area contributed by atoms with Crippen LogP contribution in [0.15, 0.2) is 48.5 Å². The van der Waals surface area contributed by atoms with Gasteiger partial charge in [0.2, 0.25) is 0 Å². The van der Waals surface area contributed by atoms with Gasteiger partial charge < -0.3 is 9.30 Å². The summed E-state index contributed by atoms with van der Waals surface area (Å²) in [6.45, 7) is 0. The van der Waals surface area contributed by atoms with Crippen LogP contribution in [0.5, 0.6) is 5.75 Å². The van der Waals surface area contributed by atoms with E-state index in [1.54, 1.807) is 7.11 Å². The first kappa shape index (κ1) is 13.7. The minimum Gasteiger partial charge on any atom is -0.497 e. The number of hydrogen-bond donors (Lipinski definition) is 0. The summed E-state index contributed by atoms with van der Waals surface area (Å²) in [6, 6.07) is 16.6. The lowest BCUT2D eigenvalue weighted by Crippen LogP contribution is -1.99. The summed E-state index contributed by atoms with van der Waals surface area (Å²) >= 11 is 0. The summed E-state index contributed by atoms with van der Waals surface area (Å²) in [4.78, 5) is 4.71. The molecule has 108 valence electrons. The standard InChI is InChI=1S/C18H20N2O/c1-20-17-8-4-3-7-16(17)19-18(20)9-5-6-14-10-12-15(21-2)13-11-14/h3-4,7-8,10-13H,5-6,9H2,1-2H3. The van der Waals surface area contributed by atoms with Gasteiger partial charge in [-0.2, -0.15) is 0 Å². The maximum Gasteiger partial charge on any atom is 0.118 e. The van der Waals surface area contributed by atoms with Gasteiger partial charge in [0.25, 0.3) is 0 Å². The van der Waals surface area contributed by atoms with Crippen molar-refractivity contribution in [2.45, 2.75) is 19.3 Å². The predicted octanol–water partition coefficient (Wildman–Crippen LogP) is 3.76. The van der Waals surface area contributed by atoms with Gasteiger partial charge in [0.05, 0.1) is 18.1 Å². The van der Waals surface area contributed by atoms with Crippen molar-refractivity contribution in [3.63, 3.8) is 0 Å². The summed E-state index contributed by atoms with van der Waals surface area (Å²) in [6.07, 6.45) is 3.16. The van der Waals surface area contributed by atoms with E-state index in [0.29, 0.717) is 0 Å². The number of aromatic nitrogens is 2. The smallest absolute Gasteiger partial charge is 0.118 e. The lowest BCUT2D eigenvalue weighted by molar-refractivity contribution is 0.414. The quantitative estimate of drug-likeness (QED) is 0.711. The monoisotopic (exact) mass is 280 g/mol. The lowest BCUT2D eigenvalue weighted by atomic mass is 10.1. The Hall–Kier alpha value is -2.29. The highest BCUT2D eigenvalue weighted by atomic mass is 16.5. The fourth-order valence-corrected chi connectivity index (χ4v) is 2.66. The number of fused-ring (bicyclic) bond motifs is 1. The zero-order chi connectivity index (χ0) is 14.7. The Morgan fingerprint density at radius 3 is 2.48 bits per heavy atom. The van der Waals surface area contributed by atoms with E-state index in [1.165, 1.54) is 11.1 Å². The average Bonchev–Trinajstić information content (AvgIpc) is 2.85. The number of nitrogens with zero attached hydrogens (tertiary/aromatic N) is 2.